The van der Waals surface area contributed by atoms with Crippen molar-refractivity contribution in [2.24, 2.45) is 0 Å². The molecule has 0 amide bonds. The number of hydrogen-bond acceptors (Lipinski definition) is 2. The highest BCUT2D eigenvalue weighted by Crippen LogP contribution is 2.23. The molecule has 0 unspecified atom stereocenters. The van der Waals surface area contributed by atoms with Gasteiger partial charge in [-0.05, 0) is 30.4 Å². The van der Waals surface area contributed by atoms with Crippen LogP contribution in [0.25, 0.3) is 0 Å². The third-order valence-electron chi connectivity index (χ3n) is 1.24. The van der Waals surface area contributed by atoms with Gasteiger partial charge in [-0.3, -0.25) is 0 Å². The van der Waals surface area contributed by atoms with Crippen LogP contribution in [0.4, 0.5) is 13.2 Å². The summed E-state index contributed by atoms with van der Waals surface area (Å²) < 4.78 is 40.2. The monoisotopic (exact) mass is 240 g/mol. The average Bonchev–Trinajstić information content (AvgIpc) is 2.02. The molecule has 0 N–H and O–H groups in total. The summed E-state index contributed by atoms with van der Waals surface area (Å²) in [7, 11) is 0. The molecule has 0 saturated heterocycles. The molecule has 14 heavy (non-hydrogen) atoms. The van der Waals surface area contributed by atoms with Crippen LogP contribution in [0.3, 0.4) is 0 Å². The van der Waals surface area contributed by atoms with Crippen LogP contribution in [-0.2, 0) is 0 Å². The number of alkyl halides is 3. The van der Waals surface area contributed by atoms with Crippen molar-refractivity contribution in [3.05, 3.63) is 29.3 Å². The second kappa shape index (κ2) is 4.14. The van der Waals surface area contributed by atoms with E-state index in [1.165, 1.54) is 24.3 Å². The van der Waals surface area contributed by atoms with E-state index in [4.69, 9.17) is 11.6 Å². The molecule has 0 aliphatic rings. The fraction of sp³-hybridized carbons (Fsp3) is 0.125. The van der Waals surface area contributed by atoms with Crippen LogP contribution in [0, 0.1) is 0 Å². The average molecular weight is 241 g/mol. The lowest BCUT2D eigenvalue weighted by Gasteiger charge is -2.09. The molecule has 0 atom stereocenters. The number of hydrogen-bond donors (Lipinski definition) is 0. The Hall–Kier alpha value is -0.810. The molecule has 76 valence electrons. The van der Waals surface area contributed by atoms with E-state index >= 15 is 0 Å². The van der Waals surface area contributed by atoms with Crippen LogP contribution in [0.5, 0.6) is 5.75 Å². The maximum atomic E-state index is 11.9. The third-order valence-corrected chi connectivity index (χ3v) is 1.79. The standard InChI is InChI=1S/C8H4ClF3OS/c9-5-2-1-3-6(4-5)13-7(14)8(10,11)12/h1-4H. The first-order valence-corrected chi connectivity index (χ1v) is 4.23. The van der Waals surface area contributed by atoms with Gasteiger partial charge < -0.3 is 4.74 Å². The molecule has 6 heteroatoms. The molecule has 1 nitrogen and oxygen atoms in total. The molecule has 0 heterocycles. The summed E-state index contributed by atoms with van der Waals surface area (Å²) in [4.78, 5) is 0. The number of rotatable bonds is 1. The van der Waals surface area contributed by atoms with Crippen molar-refractivity contribution in [2.45, 2.75) is 6.18 Å². The van der Waals surface area contributed by atoms with Gasteiger partial charge in [-0.15, -0.1) is 0 Å². The first kappa shape index (κ1) is 11.3. The Morgan fingerprint density at radius 3 is 2.50 bits per heavy atom. The van der Waals surface area contributed by atoms with Gasteiger partial charge in [0.15, 0.2) is 0 Å². The zero-order valence-electron chi connectivity index (χ0n) is 6.64. The molecule has 0 bridgehead atoms. The van der Waals surface area contributed by atoms with Gasteiger partial charge in [-0.2, -0.15) is 13.2 Å². The normalized spacial score (nSPS) is 11.1. The summed E-state index contributed by atoms with van der Waals surface area (Å²) in [6, 6.07) is 5.57. The number of thiocarbonyl (C=S) groups is 1. The number of benzene rings is 1. The first-order chi connectivity index (χ1) is 6.39. The zero-order valence-corrected chi connectivity index (χ0v) is 8.21. The molecule has 0 aliphatic carbocycles. The van der Waals surface area contributed by atoms with Crippen molar-refractivity contribution in [2.75, 3.05) is 0 Å². The zero-order chi connectivity index (χ0) is 10.8. The molecule has 1 rings (SSSR count). The summed E-state index contributed by atoms with van der Waals surface area (Å²) in [5.74, 6) is -0.0279. The second-order valence-electron chi connectivity index (χ2n) is 2.34. The predicted octanol–water partition coefficient (Wildman–Crippen LogP) is 3.61. The van der Waals surface area contributed by atoms with Gasteiger partial charge in [-0.1, -0.05) is 17.7 Å². The fourth-order valence-corrected chi connectivity index (χ4v) is 0.972. The number of halogens is 4. The second-order valence-corrected chi connectivity index (χ2v) is 3.15. The van der Waals surface area contributed by atoms with E-state index in [1.54, 1.807) is 0 Å². The maximum Gasteiger partial charge on any atom is 0.460 e. The topological polar surface area (TPSA) is 9.23 Å². The van der Waals surface area contributed by atoms with Crippen molar-refractivity contribution in [1.29, 1.82) is 0 Å². The predicted molar refractivity (Wildman–Crippen MR) is 50.7 cm³/mol. The fourth-order valence-electron chi connectivity index (χ4n) is 0.695. The summed E-state index contributed by atoms with van der Waals surface area (Å²) in [5.41, 5.74) is 0. The molecule has 0 radical (unpaired) electrons. The molecule has 0 aliphatic heterocycles. The molecule has 0 aromatic heterocycles. The van der Waals surface area contributed by atoms with Gasteiger partial charge in [0, 0.05) is 5.02 Å². The van der Waals surface area contributed by atoms with Crippen molar-refractivity contribution in [3.63, 3.8) is 0 Å². The SMILES string of the molecule is FC(F)(F)C(=S)Oc1cccc(Cl)c1. The molecular weight excluding hydrogens is 237 g/mol. The Labute approximate surface area is 88.4 Å². The number of ether oxygens (including phenoxy) is 1. The lowest BCUT2D eigenvalue weighted by molar-refractivity contribution is -0.0676. The summed E-state index contributed by atoms with van der Waals surface area (Å²) in [6.45, 7) is 0. The van der Waals surface area contributed by atoms with Gasteiger partial charge in [0.25, 0.3) is 5.05 Å². The van der Waals surface area contributed by atoms with E-state index in [2.05, 4.69) is 17.0 Å². The van der Waals surface area contributed by atoms with Gasteiger partial charge in [-0.25, -0.2) is 0 Å². The largest absolute Gasteiger partial charge is 0.460 e. The van der Waals surface area contributed by atoms with Gasteiger partial charge in [0.2, 0.25) is 0 Å². The molecule has 0 spiro atoms. The van der Waals surface area contributed by atoms with E-state index in [0.717, 1.165) is 0 Å². The molecule has 1 aromatic carbocycles. The summed E-state index contributed by atoms with van der Waals surface area (Å²) >= 11 is 9.56. The van der Waals surface area contributed by atoms with Crippen LogP contribution in [0.15, 0.2) is 24.3 Å². The summed E-state index contributed by atoms with van der Waals surface area (Å²) in [5, 5.41) is -1.15. The van der Waals surface area contributed by atoms with E-state index in [-0.39, 0.29) is 10.8 Å². The van der Waals surface area contributed by atoms with Crippen LogP contribution in [-0.4, -0.2) is 11.2 Å². The Bertz CT molecular complexity index is 351. The highest BCUT2D eigenvalue weighted by molar-refractivity contribution is 7.80. The minimum Gasteiger partial charge on any atom is -0.441 e. The van der Waals surface area contributed by atoms with Gasteiger partial charge in [0.1, 0.15) is 5.75 Å². The minimum absolute atomic E-state index is 0.0279. The van der Waals surface area contributed by atoms with Crippen molar-refractivity contribution in [1.82, 2.24) is 0 Å². The van der Waals surface area contributed by atoms with Crippen molar-refractivity contribution < 1.29 is 17.9 Å². The van der Waals surface area contributed by atoms with Crippen LogP contribution >= 0.6 is 23.8 Å². The molecule has 1 aromatic rings. The first-order valence-electron chi connectivity index (χ1n) is 3.44. The van der Waals surface area contributed by atoms with E-state index in [9.17, 15) is 13.2 Å². The van der Waals surface area contributed by atoms with E-state index in [0.29, 0.717) is 0 Å². The van der Waals surface area contributed by atoms with Crippen LogP contribution < -0.4 is 4.74 Å². The highest BCUT2D eigenvalue weighted by atomic mass is 35.5. The van der Waals surface area contributed by atoms with Crippen LogP contribution in [0.2, 0.25) is 5.02 Å². The highest BCUT2D eigenvalue weighted by Gasteiger charge is 2.36. The molecular formula is C8H4ClF3OS. The molecule has 0 fully saturated rings. The maximum absolute atomic E-state index is 11.9. The Kier molecular flexibility index (Phi) is 3.34. The third kappa shape index (κ3) is 3.16. The van der Waals surface area contributed by atoms with E-state index in [1.807, 2.05) is 0 Å². The quantitative estimate of drug-likeness (QED) is 0.694. The van der Waals surface area contributed by atoms with Crippen molar-refractivity contribution in [3.8, 4) is 5.75 Å². The van der Waals surface area contributed by atoms with Gasteiger partial charge >= 0.3 is 6.18 Å². The lowest BCUT2D eigenvalue weighted by Crippen LogP contribution is -2.25. The smallest absolute Gasteiger partial charge is 0.441 e. The Morgan fingerprint density at radius 1 is 1.36 bits per heavy atom. The van der Waals surface area contributed by atoms with Gasteiger partial charge in [0.05, 0.1) is 0 Å². The Morgan fingerprint density at radius 2 is 2.00 bits per heavy atom. The molecule has 0 saturated carbocycles. The minimum atomic E-state index is -4.63. The van der Waals surface area contributed by atoms with Crippen LogP contribution in [0.1, 0.15) is 0 Å². The van der Waals surface area contributed by atoms with E-state index < -0.39 is 11.2 Å². The summed E-state index contributed by atoms with van der Waals surface area (Å²) in [6.07, 6.45) is -4.63. The Balaban J connectivity index is 2.75. The van der Waals surface area contributed by atoms with Crippen molar-refractivity contribution >= 4 is 28.9 Å². The lowest BCUT2D eigenvalue weighted by atomic mass is 10.3.